The van der Waals surface area contributed by atoms with E-state index < -0.39 is 0 Å². The van der Waals surface area contributed by atoms with Crippen LogP contribution in [0.15, 0.2) is 36.4 Å². The number of benzene rings is 1. The Morgan fingerprint density at radius 2 is 1.88 bits per heavy atom. The van der Waals surface area contributed by atoms with E-state index in [1.807, 2.05) is 36.4 Å². The first-order valence-electron chi connectivity index (χ1n) is 8.92. The average Bonchev–Trinajstić information content (AvgIpc) is 3.07. The van der Waals surface area contributed by atoms with Crippen LogP contribution < -0.4 is 10.6 Å². The molecule has 0 amide bonds. The summed E-state index contributed by atoms with van der Waals surface area (Å²) in [7, 11) is 1.39. The van der Waals surface area contributed by atoms with Gasteiger partial charge in [0.1, 0.15) is 5.00 Å². The maximum absolute atomic E-state index is 12.2. The van der Waals surface area contributed by atoms with Gasteiger partial charge in [0, 0.05) is 10.9 Å². The maximum Gasteiger partial charge on any atom is 0.340 e. The van der Waals surface area contributed by atoms with Crippen LogP contribution in [0.25, 0.3) is 10.4 Å². The monoisotopic (exact) mass is 388 g/mol. The number of rotatable bonds is 4. The average molecular weight is 389 g/mol. The van der Waals surface area contributed by atoms with E-state index in [2.05, 4.69) is 17.6 Å². The lowest BCUT2D eigenvalue weighted by Crippen LogP contribution is -2.39. The Labute approximate surface area is 164 Å². The van der Waals surface area contributed by atoms with Crippen molar-refractivity contribution < 1.29 is 9.53 Å². The zero-order valence-electron chi connectivity index (χ0n) is 15.1. The van der Waals surface area contributed by atoms with Gasteiger partial charge in [-0.1, -0.05) is 37.3 Å². The molecule has 1 aliphatic rings. The number of methoxy groups -OCH3 is 1. The van der Waals surface area contributed by atoms with Gasteiger partial charge in [-0.05, 0) is 55.4 Å². The highest BCUT2D eigenvalue weighted by atomic mass is 32.1. The van der Waals surface area contributed by atoms with Gasteiger partial charge in [-0.15, -0.1) is 11.3 Å². The van der Waals surface area contributed by atoms with E-state index >= 15 is 0 Å². The molecule has 4 nitrogen and oxygen atoms in total. The zero-order valence-corrected chi connectivity index (χ0v) is 16.7. The highest BCUT2D eigenvalue weighted by molar-refractivity contribution is 7.80. The molecule has 1 aromatic carbocycles. The lowest BCUT2D eigenvalue weighted by atomic mass is 9.87. The molecular formula is C20H24N2O2S2. The first kappa shape index (κ1) is 18.9. The van der Waals surface area contributed by atoms with Gasteiger partial charge in [0.05, 0.1) is 12.7 Å². The fraction of sp³-hybridized carbons (Fsp3) is 0.400. The third-order valence-electron chi connectivity index (χ3n) is 4.77. The summed E-state index contributed by atoms with van der Waals surface area (Å²) in [4.78, 5) is 13.2. The Kier molecular flexibility index (Phi) is 6.27. The second-order valence-electron chi connectivity index (χ2n) is 6.77. The summed E-state index contributed by atoms with van der Waals surface area (Å²) in [6.07, 6.45) is 4.72. The van der Waals surface area contributed by atoms with Crippen LogP contribution in [0.4, 0.5) is 5.00 Å². The Hall–Kier alpha value is -1.92. The number of hydrogen-bond donors (Lipinski definition) is 2. The van der Waals surface area contributed by atoms with Crippen LogP contribution in [0.3, 0.4) is 0 Å². The van der Waals surface area contributed by atoms with Gasteiger partial charge in [-0.25, -0.2) is 4.79 Å². The van der Waals surface area contributed by atoms with E-state index in [0.29, 0.717) is 16.7 Å². The number of anilines is 1. The predicted octanol–water partition coefficient (Wildman–Crippen LogP) is 5.07. The maximum atomic E-state index is 12.2. The van der Waals surface area contributed by atoms with Crippen molar-refractivity contribution in [2.45, 2.75) is 38.6 Å². The Morgan fingerprint density at radius 1 is 1.19 bits per heavy atom. The van der Waals surface area contributed by atoms with Crippen molar-refractivity contribution in [3.8, 4) is 10.4 Å². The zero-order chi connectivity index (χ0) is 18.5. The molecule has 1 saturated carbocycles. The summed E-state index contributed by atoms with van der Waals surface area (Å²) < 4.78 is 4.93. The second-order valence-corrected chi connectivity index (χ2v) is 8.23. The number of ether oxygens (including phenoxy) is 1. The van der Waals surface area contributed by atoms with Gasteiger partial charge in [-0.2, -0.15) is 0 Å². The van der Waals surface area contributed by atoms with Crippen molar-refractivity contribution in [2.24, 2.45) is 5.92 Å². The SMILES string of the molecule is COC(=O)c1cc(-c2ccccc2)sc1NC(=S)NC1CCC(C)CC1. The van der Waals surface area contributed by atoms with Crippen LogP contribution in [0.5, 0.6) is 0 Å². The van der Waals surface area contributed by atoms with Crippen LogP contribution in [0, 0.1) is 5.92 Å². The van der Waals surface area contributed by atoms with Gasteiger partial charge in [-0.3, -0.25) is 0 Å². The molecule has 0 unspecified atom stereocenters. The number of thiophene rings is 1. The number of carbonyl (C=O) groups excluding carboxylic acids is 1. The van der Waals surface area contributed by atoms with Crippen molar-refractivity contribution in [1.82, 2.24) is 5.32 Å². The molecule has 1 aromatic heterocycles. The van der Waals surface area contributed by atoms with Crippen molar-refractivity contribution in [3.05, 3.63) is 42.0 Å². The molecule has 1 aliphatic carbocycles. The van der Waals surface area contributed by atoms with E-state index in [1.54, 1.807) is 0 Å². The van der Waals surface area contributed by atoms with Gasteiger partial charge in [0.15, 0.2) is 5.11 Å². The second kappa shape index (κ2) is 8.64. The molecule has 1 heterocycles. The van der Waals surface area contributed by atoms with Crippen molar-refractivity contribution in [1.29, 1.82) is 0 Å². The molecule has 0 radical (unpaired) electrons. The number of nitrogens with one attached hydrogen (secondary N) is 2. The molecule has 2 aromatic rings. The standard InChI is InChI=1S/C20H24N2O2S2/c1-13-8-10-15(11-9-13)21-20(25)22-18-16(19(23)24-2)12-17(26-18)14-6-4-3-5-7-14/h3-7,12-13,15H,8-11H2,1-2H3,(H2,21,22,25). The molecule has 3 rings (SSSR count). The molecule has 6 heteroatoms. The molecule has 0 atom stereocenters. The molecule has 0 bridgehead atoms. The molecule has 0 saturated heterocycles. The first-order chi connectivity index (χ1) is 12.6. The lowest BCUT2D eigenvalue weighted by Gasteiger charge is -2.27. The highest BCUT2D eigenvalue weighted by Gasteiger charge is 2.21. The van der Waals surface area contributed by atoms with Crippen LogP contribution >= 0.6 is 23.6 Å². The Balaban J connectivity index is 1.74. The van der Waals surface area contributed by atoms with Gasteiger partial charge < -0.3 is 15.4 Å². The lowest BCUT2D eigenvalue weighted by molar-refractivity contribution is 0.0602. The number of carbonyl (C=O) groups is 1. The summed E-state index contributed by atoms with van der Waals surface area (Å²) >= 11 is 6.99. The molecule has 2 N–H and O–H groups in total. The van der Waals surface area contributed by atoms with Crippen molar-refractivity contribution in [3.63, 3.8) is 0 Å². The topological polar surface area (TPSA) is 50.4 Å². The third-order valence-corrected chi connectivity index (χ3v) is 6.09. The van der Waals surface area contributed by atoms with E-state index in [1.165, 1.54) is 31.3 Å². The van der Waals surface area contributed by atoms with Crippen LogP contribution in [0.1, 0.15) is 43.0 Å². The molecular weight excluding hydrogens is 364 g/mol. The minimum Gasteiger partial charge on any atom is -0.465 e. The minimum atomic E-state index is -0.361. The summed E-state index contributed by atoms with van der Waals surface area (Å²) in [5, 5.41) is 7.89. The van der Waals surface area contributed by atoms with E-state index in [9.17, 15) is 4.79 Å². The normalized spacial score (nSPS) is 19.6. The summed E-state index contributed by atoms with van der Waals surface area (Å²) in [6.45, 7) is 2.30. The molecule has 138 valence electrons. The molecule has 26 heavy (non-hydrogen) atoms. The Morgan fingerprint density at radius 3 is 2.54 bits per heavy atom. The largest absolute Gasteiger partial charge is 0.465 e. The van der Waals surface area contributed by atoms with E-state index in [0.717, 1.165) is 34.2 Å². The third kappa shape index (κ3) is 4.62. The van der Waals surface area contributed by atoms with Crippen molar-refractivity contribution >= 4 is 39.6 Å². The number of thiocarbonyl (C=S) groups is 1. The number of esters is 1. The van der Waals surface area contributed by atoms with E-state index in [-0.39, 0.29) is 5.97 Å². The van der Waals surface area contributed by atoms with E-state index in [4.69, 9.17) is 17.0 Å². The molecule has 0 spiro atoms. The fourth-order valence-electron chi connectivity index (χ4n) is 3.22. The van der Waals surface area contributed by atoms with Crippen LogP contribution in [-0.4, -0.2) is 24.2 Å². The fourth-order valence-corrected chi connectivity index (χ4v) is 4.61. The number of hydrogen-bond acceptors (Lipinski definition) is 4. The van der Waals surface area contributed by atoms with Crippen LogP contribution in [-0.2, 0) is 4.74 Å². The Bertz CT molecular complexity index is 765. The summed E-state index contributed by atoms with van der Waals surface area (Å²) in [5.74, 6) is 0.437. The van der Waals surface area contributed by atoms with Crippen LogP contribution in [0.2, 0.25) is 0 Å². The van der Waals surface area contributed by atoms with Crippen molar-refractivity contribution in [2.75, 3.05) is 12.4 Å². The first-order valence-corrected chi connectivity index (χ1v) is 10.1. The minimum absolute atomic E-state index is 0.361. The predicted molar refractivity (Wildman–Crippen MR) is 112 cm³/mol. The van der Waals surface area contributed by atoms with Gasteiger partial charge in [0.2, 0.25) is 0 Å². The summed E-state index contributed by atoms with van der Waals surface area (Å²) in [5.41, 5.74) is 1.58. The van der Waals surface area contributed by atoms with Gasteiger partial charge >= 0.3 is 5.97 Å². The quantitative estimate of drug-likeness (QED) is 0.566. The smallest absolute Gasteiger partial charge is 0.340 e. The highest BCUT2D eigenvalue weighted by Crippen LogP contribution is 2.36. The van der Waals surface area contributed by atoms with Gasteiger partial charge in [0.25, 0.3) is 0 Å². The molecule has 1 fully saturated rings. The molecule has 0 aliphatic heterocycles. The summed E-state index contributed by atoms with van der Waals surface area (Å²) in [6, 6.07) is 12.3.